The Morgan fingerprint density at radius 1 is 1.67 bits per heavy atom. The molecular formula is C3H9NO3S2. The molecule has 0 bridgehead atoms. The lowest BCUT2D eigenvalue weighted by molar-refractivity contribution is 0.385. The van der Waals surface area contributed by atoms with Gasteiger partial charge in [-0.1, -0.05) is 0 Å². The van der Waals surface area contributed by atoms with Crippen LogP contribution in [0.5, 0.6) is 0 Å². The van der Waals surface area contributed by atoms with Gasteiger partial charge in [-0.3, -0.25) is 4.55 Å². The molecule has 0 aromatic heterocycles. The van der Waals surface area contributed by atoms with Crippen molar-refractivity contribution in [2.45, 2.75) is 12.3 Å². The molecule has 0 saturated carbocycles. The van der Waals surface area contributed by atoms with E-state index in [4.69, 9.17) is 4.55 Å². The topological polar surface area (TPSA) is 57.6 Å². The van der Waals surface area contributed by atoms with Crippen LogP contribution in [-0.2, 0) is 10.3 Å². The minimum atomic E-state index is -4.05. The van der Waals surface area contributed by atoms with Gasteiger partial charge in [0.2, 0.25) is 0 Å². The summed E-state index contributed by atoms with van der Waals surface area (Å²) in [4.78, 5) is 0. The molecule has 0 aromatic rings. The molecule has 0 rings (SSSR count). The van der Waals surface area contributed by atoms with Gasteiger partial charge in [-0.25, -0.2) is 0 Å². The molecular weight excluding hydrogens is 162 g/mol. The smallest absolute Gasteiger partial charge is 0.273 e. The summed E-state index contributed by atoms with van der Waals surface area (Å²) >= 11 is 3.77. The normalized spacial score (nSPS) is 16.1. The maximum atomic E-state index is 10.2. The highest BCUT2D eigenvalue weighted by Gasteiger charge is 2.16. The quantitative estimate of drug-likeness (QED) is 0.349. The molecule has 9 heavy (non-hydrogen) atoms. The fourth-order valence-electron chi connectivity index (χ4n) is 0.193. The Labute approximate surface area is 60.1 Å². The molecule has 1 unspecified atom stereocenters. The van der Waals surface area contributed by atoms with E-state index in [9.17, 15) is 8.42 Å². The van der Waals surface area contributed by atoms with Crippen LogP contribution in [0.15, 0.2) is 0 Å². The van der Waals surface area contributed by atoms with Gasteiger partial charge in [0, 0.05) is 7.05 Å². The summed E-state index contributed by atoms with van der Waals surface area (Å²) in [6.07, 6.45) is 0. The van der Waals surface area contributed by atoms with Gasteiger partial charge in [0.15, 0.2) is 0 Å². The number of thiol groups is 1. The van der Waals surface area contributed by atoms with Crippen molar-refractivity contribution in [3.05, 3.63) is 0 Å². The van der Waals surface area contributed by atoms with Gasteiger partial charge >= 0.3 is 10.3 Å². The summed E-state index contributed by atoms with van der Waals surface area (Å²) in [5.74, 6) is 0. The third kappa shape index (κ3) is 3.04. The highest BCUT2D eigenvalue weighted by molar-refractivity contribution is 7.85. The average Bonchev–Trinajstić information content (AvgIpc) is 1.62. The monoisotopic (exact) mass is 171 g/mol. The summed E-state index contributed by atoms with van der Waals surface area (Å²) in [6.45, 7) is 1.54. The number of nitrogens with zero attached hydrogens (tertiary/aromatic N) is 1. The molecule has 0 heterocycles. The molecule has 1 atom stereocenters. The lowest BCUT2D eigenvalue weighted by Gasteiger charge is -2.14. The maximum absolute atomic E-state index is 10.2. The van der Waals surface area contributed by atoms with Crippen molar-refractivity contribution in [3.63, 3.8) is 0 Å². The van der Waals surface area contributed by atoms with Gasteiger partial charge < -0.3 is 0 Å². The zero-order valence-electron chi connectivity index (χ0n) is 5.14. The molecule has 6 heteroatoms. The van der Waals surface area contributed by atoms with Crippen molar-refractivity contribution < 1.29 is 13.0 Å². The SMILES string of the molecule is CC(S)N(C)S(=O)(=O)O. The van der Waals surface area contributed by atoms with Gasteiger partial charge in [0.25, 0.3) is 0 Å². The summed E-state index contributed by atoms with van der Waals surface area (Å²) in [5.41, 5.74) is 0. The Kier molecular flexibility index (Phi) is 2.94. The van der Waals surface area contributed by atoms with Crippen LogP contribution in [-0.4, -0.2) is 29.7 Å². The lowest BCUT2D eigenvalue weighted by Crippen LogP contribution is -2.30. The van der Waals surface area contributed by atoms with Gasteiger partial charge in [-0.05, 0) is 6.92 Å². The minimum absolute atomic E-state index is 0.500. The van der Waals surface area contributed by atoms with Crippen LogP contribution in [0.2, 0.25) is 0 Å². The zero-order valence-corrected chi connectivity index (χ0v) is 6.85. The van der Waals surface area contributed by atoms with Crippen molar-refractivity contribution in [2.75, 3.05) is 7.05 Å². The minimum Gasteiger partial charge on any atom is -0.273 e. The first-order chi connectivity index (χ1) is 3.85. The van der Waals surface area contributed by atoms with Crippen LogP contribution in [0.3, 0.4) is 0 Å². The highest BCUT2D eigenvalue weighted by Crippen LogP contribution is 2.03. The van der Waals surface area contributed by atoms with Crippen molar-refractivity contribution in [3.8, 4) is 0 Å². The Morgan fingerprint density at radius 3 is 2.00 bits per heavy atom. The molecule has 0 amide bonds. The molecule has 56 valence electrons. The molecule has 0 fully saturated rings. The third-order valence-corrected chi connectivity index (χ3v) is 2.44. The van der Waals surface area contributed by atoms with Crippen molar-refractivity contribution >= 4 is 22.9 Å². The Morgan fingerprint density at radius 2 is 2.00 bits per heavy atom. The van der Waals surface area contributed by atoms with Gasteiger partial charge in [0.1, 0.15) is 0 Å². The van der Waals surface area contributed by atoms with E-state index in [1.807, 2.05) is 0 Å². The van der Waals surface area contributed by atoms with E-state index in [0.29, 0.717) is 0 Å². The molecule has 0 aliphatic heterocycles. The maximum Gasteiger partial charge on any atom is 0.336 e. The van der Waals surface area contributed by atoms with Crippen molar-refractivity contribution in [1.29, 1.82) is 0 Å². The van der Waals surface area contributed by atoms with E-state index in [1.54, 1.807) is 0 Å². The van der Waals surface area contributed by atoms with E-state index in [1.165, 1.54) is 14.0 Å². The largest absolute Gasteiger partial charge is 0.336 e. The lowest BCUT2D eigenvalue weighted by atomic mass is 10.8. The van der Waals surface area contributed by atoms with Crippen LogP contribution >= 0.6 is 12.6 Å². The summed E-state index contributed by atoms with van der Waals surface area (Å²) in [6, 6.07) is 0. The van der Waals surface area contributed by atoms with Crippen LogP contribution in [0.4, 0.5) is 0 Å². The Hall–Kier alpha value is 0.220. The third-order valence-electron chi connectivity index (χ3n) is 0.890. The molecule has 0 spiro atoms. The predicted molar refractivity (Wildman–Crippen MR) is 37.8 cm³/mol. The second-order valence-corrected chi connectivity index (χ2v) is 3.84. The van der Waals surface area contributed by atoms with Gasteiger partial charge in [-0.2, -0.15) is 25.4 Å². The molecule has 1 N–H and O–H groups in total. The van der Waals surface area contributed by atoms with Crippen LogP contribution in [0.1, 0.15) is 6.92 Å². The Balaban J connectivity index is 4.24. The predicted octanol–water partition coefficient (Wildman–Crippen LogP) is -0.00320. The first kappa shape index (κ1) is 9.22. The van der Waals surface area contributed by atoms with Crippen LogP contribution in [0, 0.1) is 0 Å². The fourth-order valence-corrected chi connectivity index (χ4v) is 0.936. The van der Waals surface area contributed by atoms with Crippen LogP contribution < -0.4 is 0 Å². The summed E-state index contributed by atoms with van der Waals surface area (Å²) < 4.78 is 29.5. The van der Waals surface area contributed by atoms with Crippen molar-refractivity contribution in [2.24, 2.45) is 0 Å². The van der Waals surface area contributed by atoms with E-state index < -0.39 is 15.7 Å². The average molecular weight is 171 g/mol. The van der Waals surface area contributed by atoms with Gasteiger partial charge in [0.05, 0.1) is 5.37 Å². The molecule has 0 saturated heterocycles. The molecule has 0 aliphatic rings. The number of rotatable bonds is 2. The Bertz CT molecular complexity index is 173. The zero-order chi connectivity index (χ0) is 7.65. The second kappa shape index (κ2) is 2.87. The van der Waals surface area contributed by atoms with Crippen molar-refractivity contribution in [1.82, 2.24) is 4.31 Å². The van der Waals surface area contributed by atoms with E-state index >= 15 is 0 Å². The molecule has 0 aromatic carbocycles. The van der Waals surface area contributed by atoms with E-state index in [-0.39, 0.29) is 0 Å². The van der Waals surface area contributed by atoms with E-state index in [0.717, 1.165) is 4.31 Å². The first-order valence-electron chi connectivity index (χ1n) is 2.24. The number of hydrogen-bond acceptors (Lipinski definition) is 3. The summed E-state index contributed by atoms with van der Waals surface area (Å²) in [7, 11) is -2.80. The van der Waals surface area contributed by atoms with Crippen LogP contribution in [0.25, 0.3) is 0 Å². The summed E-state index contributed by atoms with van der Waals surface area (Å²) in [5, 5.41) is -0.500. The fraction of sp³-hybridized carbons (Fsp3) is 1.00. The molecule has 0 radical (unpaired) electrons. The molecule has 4 nitrogen and oxygen atoms in total. The number of hydrogen-bond donors (Lipinski definition) is 2. The second-order valence-electron chi connectivity index (χ2n) is 1.63. The van der Waals surface area contributed by atoms with Gasteiger partial charge in [-0.15, -0.1) is 0 Å². The standard InChI is InChI=1S/C3H9NO3S2/c1-3(8)4(2)9(5,6)7/h3,8H,1-2H3,(H,5,6,7). The molecule has 0 aliphatic carbocycles. The first-order valence-corrected chi connectivity index (χ1v) is 4.15. The highest BCUT2D eigenvalue weighted by atomic mass is 32.2. The van der Waals surface area contributed by atoms with E-state index in [2.05, 4.69) is 12.6 Å².